The fraction of sp³-hybridized carbons (Fsp3) is 0.294. The van der Waals surface area contributed by atoms with Crippen LogP contribution in [-0.2, 0) is 21.1 Å². The van der Waals surface area contributed by atoms with Crippen LogP contribution >= 0.6 is 0 Å². The summed E-state index contributed by atoms with van der Waals surface area (Å²) in [6.45, 7) is 4.75. The molecule has 2 aromatic rings. The molecular weight excluding hydrogens is 399 g/mol. The molecule has 0 saturated heterocycles. The Morgan fingerprint density at radius 2 is 1.64 bits per heavy atom. The number of nitrogens with zero attached hydrogens (tertiary/aromatic N) is 1. The van der Waals surface area contributed by atoms with Crippen LogP contribution < -0.4 is 9.44 Å². The number of amides is 1. The van der Waals surface area contributed by atoms with Gasteiger partial charge in [-0.05, 0) is 45.0 Å². The van der Waals surface area contributed by atoms with Gasteiger partial charge in [-0.1, -0.05) is 12.1 Å². The number of ether oxygens (including phenoxy) is 1. The topological polar surface area (TPSA) is 97.4 Å². The second-order valence-corrected chi connectivity index (χ2v) is 8.13. The van der Waals surface area contributed by atoms with Gasteiger partial charge in [0.2, 0.25) is 0 Å². The molecule has 1 aromatic heterocycles. The van der Waals surface area contributed by atoms with E-state index >= 15 is 0 Å². The van der Waals surface area contributed by atoms with E-state index in [-0.39, 0.29) is 11.4 Å². The number of carbonyl (C=O) groups is 1. The van der Waals surface area contributed by atoms with Gasteiger partial charge in [0.1, 0.15) is 5.60 Å². The van der Waals surface area contributed by atoms with Gasteiger partial charge in [0.25, 0.3) is 0 Å². The van der Waals surface area contributed by atoms with E-state index in [1.54, 1.807) is 25.5 Å². The summed E-state index contributed by atoms with van der Waals surface area (Å²) < 4.78 is 70.3. The lowest BCUT2D eigenvalue weighted by Crippen LogP contribution is -2.39. The molecule has 0 atom stereocenters. The molecule has 11 heteroatoms. The zero-order valence-electron chi connectivity index (χ0n) is 15.2. The molecule has 2 rings (SSSR count). The Bertz CT molecular complexity index is 936. The fourth-order valence-electron chi connectivity index (χ4n) is 2.03. The molecule has 2 N–H and O–H groups in total. The number of hydrogen-bond donors (Lipinski definition) is 2. The van der Waals surface area contributed by atoms with Crippen molar-refractivity contribution in [3.05, 3.63) is 48.2 Å². The van der Waals surface area contributed by atoms with Crippen LogP contribution in [0.1, 0.15) is 26.3 Å². The number of pyridine rings is 1. The van der Waals surface area contributed by atoms with Gasteiger partial charge in [0.15, 0.2) is 0 Å². The summed E-state index contributed by atoms with van der Waals surface area (Å²) in [4.78, 5) is 15.3. The van der Waals surface area contributed by atoms with E-state index in [9.17, 15) is 26.4 Å². The van der Waals surface area contributed by atoms with E-state index in [4.69, 9.17) is 4.74 Å². The van der Waals surface area contributed by atoms with Crippen LogP contribution in [0.5, 0.6) is 0 Å². The maximum atomic E-state index is 12.6. The Kier molecular flexibility index (Phi) is 5.88. The van der Waals surface area contributed by atoms with Crippen molar-refractivity contribution in [3.63, 3.8) is 0 Å². The quantitative estimate of drug-likeness (QED) is 0.785. The lowest BCUT2D eigenvalue weighted by atomic mass is 10.1. The van der Waals surface area contributed by atoms with Crippen molar-refractivity contribution in [2.75, 3.05) is 4.72 Å². The van der Waals surface area contributed by atoms with E-state index in [1.165, 1.54) is 30.3 Å². The highest BCUT2D eigenvalue weighted by molar-refractivity contribution is 7.91. The summed E-state index contributed by atoms with van der Waals surface area (Å²) in [6.07, 6.45) is -4.89. The monoisotopic (exact) mass is 417 g/mol. The van der Waals surface area contributed by atoms with Crippen LogP contribution in [0.2, 0.25) is 0 Å². The van der Waals surface area contributed by atoms with Gasteiger partial charge in [-0.15, -0.1) is 0 Å². The average Bonchev–Trinajstić information content (AvgIpc) is 2.52. The molecule has 0 saturated carbocycles. The Labute approximate surface area is 160 Å². The molecule has 0 radical (unpaired) electrons. The summed E-state index contributed by atoms with van der Waals surface area (Å²) >= 11 is 0. The molecule has 0 aliphatic rings. The van der Waals surface area contributed by atoms with Gasteiger partial charge in [0, 0.05) is 11.8 Å². The second kappa shape index (κ2) is 7.66. The molecule has 28 heavy (non-hydrogen) atoms. The summed E-state index contributed by atoms with van der Waals surface area (Å²) in [5.41, 5.74) is -0.831. The van der Waals surface area contributed by atoms with E-state index in [1.807, 2.05) is 0 Å². The van der Waals surface area contributed by atoms with Crippen molar-refractivity contribution < 1.29 is 31.1 Å². The van der Waals surface area contributed by atoms with E-state index in [0.717, 1.165) is 12.3 Å². The standard InChI is InChI=1S/C17H18F3N3O4S/c1-16(2,3)27-15(24)23-28(25,26)22-13-7-4-11(5-8-13)14-9-6-12(10-21-14)17(18,19)20/h4-10,22H,1-3H3,(H,23,24). The van der Waals surface area contributed by atoms with Gasteiger partial charge in [-0.3, -0.25) is 9.71 Å². The van der Waals surface area contributed by atoms with Gasteiger partial charge < -0.3 is 4.74 Å². The van der Waals surface area contributed by atoms with Crippen LogP contribution in [0.3, 0.4) is 0 Å². The molecule has 7 nitrogen and oxygen atoms in total. The Morgan fingerprint density at radius 1 is 1.04 bits per heavy atom. The highest BCUT2D eigenvalue weighted by Gasteiger charge is 2.30. The summed E-state index contributed by atoms with van der Waals surface area (Å²) in [6, 6.07) is 7.82. The molecule has 0 aliphatic heterocycles. The molecule has 0 spiro atoms. The Morgan fingerprint density at radius 3 is 2.11 bits per heavy atom. The smallest absolute Gasteiger partial charge is 0.422 e. The molecule has 152 valence electrons. The predicted octanol–water partition coefficient (Wildman–Crippen LogP) is 3.95. The Balaban J connectivity index is 2.07. The maximum absolute atomic E-state index is 12.6. The minimum absolute atomic E-state index is 0.131. The molecule has 1 amide bonds. The summed E-state index contributed by atoms with van der Waals surface area (Å²) in [7, 11) is -4.22. The second-order valence-electron chi connectivity index (χ2n) is 6.72. The third kappa shape index (κ3) is 6.41. The van der Waals surface area contributed by atoms with Crippen molar-refractivity contribution in [1.82, 2.24) is 9.71 Å². The van der Waals surface area contributed by atoms with Crippen molar-refractivity contribution in [1.29, 1.82) is 0 Å². The molecule has 0 aliphatic carbocycles. The van der Waals surface area contributed by atoms with Gasteiger partial charge in [0.05, 0.1) is 16.9 Å². The highest BCUT2D eigenvalue weighted by Crippen LogP contribution is 2.30. The molecular formula is C17H18F3N3O4S. The maximum Gasteiger partial charge on any atom is 0.422 e. The molecule has 1 heterocycles. The van der Waals surface area contributed by atoms with Crippen molar-refractivity contribution in [3.8, 4) is 11.3 Å². The number of halogens is 3. The van der Waals surface area contributed by atoms with E-state index < -0.39 is 33.6 Å². The first-order valence-electron chi connectivity index (χ1n) is 7.92. The summed E-state index contributed by atoms with van der Waals surface area (Å²) in [5, 5.41) is 0. The molecule has 0 fully saturated rings. The minimum Gasteiger partial charge on any atom is -0.443 e. The first-order chi connectivity index (χ1) is 12.8. The van der Waals surface area contributed by atoms with E-state index in [0.29, 0.717) is 5.56 Å². The first-order valence-corrected chi connectivity index (χ1v) is 9.41. The number of carbonyl (C=O) groups excluding carboxylic acids is 1. The van der Waals surface area contributed by atoms with Gasteiger partial charge in [-0.2, -0.15) is 21.6 Å². The third-order valence-electron chi connectivity index (χ3n) is 3.14. The fourth-order valence-corrected chi connectivity index (χ4v) is 2.79. The van der Waals surface area contributed by atoms with Crippen molar-refractivity contribution >= 4 is 22.0 Å². The van der Waals surface area contributed by atoms with Crippen LogP contribution in [0.4, 0.5) is 23.7 Å². The highest BCUT2D eigenvalue weighted by atomic mass is 32.2. The van der Waals surface area contributed by atoms with Crippen molar-refractivity contribution in [2.45, 2.75) is 32.5 Å². The van der Waals surface area contributed by atoms with Gasteiger partial charge >= 0.3 is 22.5 Å². The van der Waals surface area contributed by atoms with Gasteiger partial charge in [-0.25, -0.2) is 9.52 Å². The van der Waals surface area contributed by atoms with Crippen LogP contribution in [0.25, 0.3) is 11.3 Å². The molecule has 0 unspecified atom stereocenters. The molecule has 1 aromatic carbocycles. The van der Waals surface area contributed by atoms with Crippen molar-refractivity contribution in [2.24, 2.45) is 0 Å². The number of anilines is 1. The van der Waals surface area contributed by atoms with Crippen LogP contribution in [-0.4, -0.2) is 25.1 Å². The number of benzene rings is 1. The lowest BCUT2D eigenvalue weighted by molar-refractivity contribution is -0.137. The molecule has 0 bridgehead atoms. The Hall–Kier alpha value is -2.82. The summed E-state index contributed by atoms with van der Waals surface area (Å²) in [5.74, 6) is 0. The first kappa shape index (κ1) is 21.5. The lowest BCUT2D eigenvalue weighted by Gasteiger charge is -2.19. The van der Waals surface area contributed by atoms with E-state index in [2.05, 4.69) is 9.71 Å². The predicted molar refractivity (Wildman–Crippen MR) is 96.6 cm³/mol. The number of aromatic nitrogens is 1. The number of alkyl halides is 3. The van der Waals surface area contributed by atoms with Crippen LogP contribution in [0, 0.1) is 0 Å². The normalized spacial score (nSPS) is 12.4. The van der Waals surface area contributed by atoms with Crippen LogP contribution in [0.15, 0.2) is 42.6 Å². The largest absolute Gasteiger partial charge is 0.443 e. The number of rotatable bonds is 4. The average molecular weight is 417 g/mol. The zero-order chi connectivity index (χ0) is 21.2. The SMILES string of the molecule is CC(C)(C)OC(=O)NS(=O)(=O)Nc1ccc(-c2ccc(C(F)(F)F)cn2)cc1. The third-order valence-corrected chi connectivity index (χ3v) is 4.08. The zero-order valence-corrected chi connectivity index (χ0v) is 16.0. The minimum atomic E-state index is -4.48. The number of nitrogens with one attached hydrogen (secondary N) is 2. The number of hydrogen-bond acceptors (Lipinski definition) is 5.